The molecule has 6 nitrogen and oxygen atoms in total. The maximum atomic E-state index is 12.7. The summed E-state index contributed by atoms with van der Waals surface area (Å²) in [5.74, 6) is -3.62. The van der Waals surface area contributed by atoms with Crippen LogP contribution in [0.2, 0.25) is 0 Å². The largest absolute Gasteiger partial charge is 0.481 e. The normalized spacial score (nSPS) is 19.9. The van der Waals surface area contributed by atoms with Crippen LogP contribution in [-0.2, 0) is 14.3 Å². The summed E-state index contributed by atoms with van der Waals surface area (Å²) >= 11 is 7.27. The highest BCUT2D eigenvalue weighted by Gasteiger charge is 2.37. The van der Waals surface area contributed by atoms with Crippen LogP contribution in [0, 0.1) is 25.7 Å². The molecule has 2 rings (SSSR count). The average Bonchev–Trinajstić information content (AvgIpc) is 2.81. The predicted octanol–water partition coefficient (Wildman–Crippen LogP) is 3.71. The maximum Gasteiger partial charge on any atom is 0.341 e. The van der Waals surface area contributed by atoms with Crippen molar-refractivity contribution in [2.45, 2.75) is 33.6 Å². The molecule has 0 saturated heterocycles. The molecule has 136 valence electrons. The molecule has 0 bridgehead atoms. The van der Waals surface area contributed by atoms with E-state index in [1.54, 1.807) is 19.9 Å². The van der Waals surface area contributed by atoms with E-state index in [1.807, 2.05) is 6.92 Å². The number of esters is 1. The van der Waals surface area contributed by atoms with Gasteiger partial charge in [0.25, 0.3) is 0 Å². The molecule has 1 aromatic heterocycles. The number of allylic oxidation sites excluding steroid dienone is 2. The van der Waals surface area contributed by atoms with Crippen LogP contribution in [0.1, 0.15) is 40.6 Å². The Kier molecular flexibility index (Phi) is 6.24. The van der Waals surface area contributed by atoms with E-state index < -0.39 is 29.7 Å². The lowest BCUT2D eigenvalue weighted by atomic mass is 9.82. The van der Waals surface area contributed by atoms with Gasteiger partial charge < -0.3 is 15.2 Å². The summed E-state index contributed by atoms with van der Waals surface area (Å²) in [5.41, 5.74) is 1.07. The molecule has 2 atom stereocenters. The van der Waals surface area contributed by atoms with Crippen molar-refractivity contribution in [1.82, 2.24) is 0 Å². The number of rotatable bonds is 5. The number of ether oxygens (including phenoxy) is 1. The van der Waals surface area contributed by atoms with Gasteiger partial charge in [-0.2, -0.15) is 0 Å². The number of carbonyl (C=O) groups is 3. The van der Waals surface area contributed by atoms with Gasteiger partial charge in [-0.05, 0) is 39.2 Å². The second kappa shape index (κ2) is 8.01. The second-order valence-corrected chi connectivity index (χ2v) is 7.55. The van der Waals surface area contributed by atoms with E-state index >= 15 is 0 Å². The second-order valence-electron chi connectivity index (χ2n) is 5.84. The zero-order valence-corrected chi connectivity index (χ0v) is 15.8. The quantitative estimate of drug-likeness (QED) is 0.753. The third kappa shape index (κ3) is 4.22. The van der Waals surface area contributed by atoms with Crippen LogP contribution in [0.3, 0.4) is 0 Å². The number of hydrogen-bond acceptors (Lipinski definition) is 5. The number of anilines is 1. The van der Waals surface area contributed by atoms with E-state index in [1.165, 1.54) is 11.3 Å². The number of hydrogen-bond donors (Lipinski definition) is 2. The molecule has 0 aliphatic heterocycles. The Bertz CT molecular complexity index is 740. The fourth-order valence-electron chi connectivity index (χ4n) is 2.77. The molecule has 2 N–H and O–H groups in total. The molecular formula is C17H20ClNO5S. The van der Waals surface area contributed by atoms with Gasteiger partial charge in [-0.1, -0.05) is 17.7 Å². The van der Waals surface area contributed by atoms with E-state index in [0.29, 0.717) is 15.6 Å². The SMILES string of the molecule is CCOC(=O)c1c(NC(=O)C2CC(Cl)=CCC2C(=O)O)sc(C)c1C. The topological polar surface area (TPSA) is 92.7 Å². The van der Waals surface area contributed by atoms with Gasteiger partial charge >= 0.3 is 11.9 Å². The first-order valence-corrected chi connectivity index (χ1v) is 9.11. The fraction of sp³-hybridized carbons (Fsp3) is 0.471. The van der Waals surface area contributed by atoms with Crippen LogP contribution in [-0.4, -0.2) is 29.6 Å². The third-order valence-electron chi connectivity index (χ3n) is 4.25. The van der Waals surface area contributed by atoms with Crippen LogP contribution in [0.5, 0.6) is 0 Å². The highest BCUT2D eigenvalue weighted by atomic mass is 35.5. The first-order valence-electron chi connectivity index (χ1n) is 7.91. The van der Waals surface area contributed by atoms with Crippen molar-refractivity contribution >= 4 is 45.8 Å². The van der Waals surface area contributed by atoms with Gasteiger partial charge in [-0.25, -0.2) is 4.79 Å². The van der Waals surface area contributed by atoms with Crippen molar-refractivity contribution in [1.29, 1.82) is 0 Å². The Morgan fingerprint density at radius 1 is 1.36 bits per heavy atom. The monoisotopic (exact) mass is 385 g/mol. The molecule has 0 aromatic carbocycles. The number of aliphatic carboxylic acids is 1. The Labute approximate surface area is 154 Å². The first kappa shape index (κ1) is 19.5. The van der Waals surface area contributed by atoms with Gasteiger partial charge in [-0.15, -0.1) is 11.3 Å². The summed E-state index contributed by atoms with van der Waals surface area (Å²) in [6.07, 6.45) is 2.01. The van der Waals surface area contributed by atoms with E-state index in [9.17, 15) is 19.5 Å². The van der Waals surface area contributed by atoms with Gasteiger partial charge in [0.1, 0.15) is 5.00 Å². The Morgan fingerprint density at radius 3 is 2.64 bits per heavy atom. The number of thiophene rings is 1. The Morgan fingerprint density at radius 2 is 2.04 bits per heavy atom. The van der Waals surface area contributed by atoms with E-state index in [2.05, 4.69) is 5.32 Å². The number of carboxylic acid groups (broad SMARTS) is 1. The smallest absolute Gasteiger partial charge is 0.341 e. The van der Waals surface area contributed by atoms with Crippen molar-refractivity contribution in [3.05, 3.63) is 27.1 Å². The highest BCUT2D eigenvalue weighted by Crippen LogP contribution is 2.36. The number of halogens is 1. The molecule has 0 radical (unpaired) electrons. The number of carbonyl (C=O) groups excluding carboxylic acids is 2. The van der Waals surface area contributed by atoms with Crippen LogP contribution >= 0.6 is 22.9 Å². The summed E-state index contributed by atoms with van der Waals surface area (Å²) < 4.78 is 5.06. The maximum absolute atomic E-state index is 12.7. The summed E-state index contributed by atoms with van der Waals surface area (Å²) in [6.45, 7) is 5.57. The molecular weight excluding hydrogens is 366 g/mol. The minimum Gasteiger partial charge on any atom is -0.481 e. The zero-order valence-electron chi connectivity index (χ0n) is 14.2. The summed E-state index contributed by atoms with van der Waals surface area (Å²) in [5, 5.41) is 12.9. The van der Waals surface area contributed by atoms with Crippen molar-refractivity contribution in [3.8, 4) is 0 Å². The minimum atomic E-state index is -1.04. The number of nitrogens with one attached hydrogen (secondary N) is 1. The molecule has 1 amide bonds. The molecule has 2 unspecified atom stereocenters. The molecule has 0 spiro atoms. The molecule has 0 saturated carbocycles. The standard InChI is InChI=1S/C17H20ClNO5S/c1-4-24-17(23)13-8(2)9(3)25-15(13)19-14(20)12-7-10(18)5-6-11(12)16(21)22/h5,11-12H,4,6-7H2,1-3H3,(H,19,20)(H,21,22). The molecule has 8 heteroatoms. The average molecular weight is 386 g/mol. The van der Waals surface area contributed by atoms with Crippen molar-refractivity contribution in [2.24, 2.45) is 11.8 Å². The lowest BCUT2D eigenvalue weighted by Crippen LogP contribution is -2.35. The molecule has 1 aromatic rings. The van der Waals surface area contributed by atoms with E-state index in [-0.39, 0.29) is 19.4 Å². The fourth-order valence-corrected chi connectivity index (χ4v) is 4.08. The van der Waals surface area contributed by atoms with Crippen LogP contribution in [0.4, 0.5) is 5.00 Å². The highest BCUT2D eigenvalue weighted by molar-refractivity contribution is 7.16. The van der Waals surface area contributed by atoms with Crippen molar-refractivity contribution < 1.29 is 24.2 Å². The van der Waals surface area contributed by atoms with Crippen molar-refractivity contribution in [3.63, 3.8) is 0 Å². The summed E-state index contributed by atoms with van der Waals surface area (Å²) in [6, 6.07) is 0. The van der Waals surface area contributed by atoms with E-state index in [4.69, 9.17) is 16.3 Å². The van der Waals surface area contributed by atoms with Gasteiger partial charge in [0.15, 0.2) is 0 Å². The number of amides is 1. The minimum absolute atomic E-state index is 0.169. The molecule has 1 aliphatic rings. The Balaban J connectivity index is 2.28. The molecule has 25 heavy (non-hydrogen) atoms. The van der Waals surface area contributed by atoms with Crippen LogP contribution in [0.25, 0.3) is 0 Å². The zero-order chi connectivity index (χ0) is 18.7. The predicted molar refractivity (Wildman–Crippen MR) is 96.2 cm³/mol. The lowest BCUT2D eigenvalue weighted by Gasteiger charge is -2.25. The van der Waals surface area contributed by atoms with Crippen LogP contribution in [0.15, 0.2) is 11.1 Å². The first-order chi connectivity index (χ1) is 11.8. The molecule has 0 fully saturated rings. The van der Waals surface area contributed by atoms with E-state index in [0.717, 1.165) is 10.4 Å². The van der Waals surface area contributed by atoms with Gasteiger partial charge in [0.05, 0.1) is 24.0 Å². The van der Waals surface area contributed by atoms with Gasteiger partial charge in [-0.3, -0.25) is 9.59 Å². The number of aryl methyl sites for hydroxylation is 1. The number of carboxylic acids is 1. The molecule has 1 aliphatic carbocycles. The van der Waals surface area contributed by atoms with Crippen molar-refractivity contribution in [2.75, 3.05) is 11.9 Å². The third-order valence-corrected chi connectivity index (χ3v) is 5.68. The van der Waals surface area contributed by atoms with Gasteiger partial charge in [0, 0.05) is 9.91 Å². The molecule has 1 heterocycles. The summed E-state index contributed by atoms with van der Waals surface area (Å²) in [7, 11) is 0. The Hall–Kier alpha value is -1.86. The lowest BCUT2D eigenvalue weighted by molar-refractivity contribution is -0.146. The van der Waals surface area contributed by atoms with Gasteiger partial charge in [0.2, 0.25) is 5.91 Å². The summed E-state index contributed by atoms with van der Waals surface area (Å²) in [4.78, 5) is 37.2. The van der Waals surface area contributed by atoms with Crippen LogP contribution < -0.4 is 5.32 Å².